The molecular formula is C20H33N3O. The molecule has 1 aliphatic heterocycles. The van der Waals surface area contributed by atoms with Gasteiger partial charge in [0.25, 0.3) is 0 Å². The second-order valence-corrected chi connectivity index (χ2v) is 6.91. The van der Waals surface area contributed by atoms with E-state index in [0.29, 0.717) is 13.0 Å². The van der Waals surface area contributed by atoms with E-state index in [2.05, 4.69) is 56.1 Å². The van der Waals surface area contributed by atoms with E-state index in [1.54, 1.807) is 0 Å². The molecule has 0 aromatic heterocycles. The van der Waals surface area contributed by atoms with Gasteiger partial charge >= 0.3 is 0 Å². The van der Waals surface area contributed by atoms with Gasteiger partial charge < -0.3 is 15.1 Å². The van der Waals surface area contributed by atoms with Crippen LogP contribution in [0.1, 0.15) is 45.6 Å². The first-order valence-corrected chi connectivity index (χ1v) is 9.42. The zero-order valence-electron chi connectivity index (χ0n) is 15.8. The number of piperidine rings is 1. The third-order valence-corrected chi connectivity index (χ3v) is 5.13. The lowest BCUT2D eigenvalue weighted by Crippen LogP contribution is -2.38. The van der Waals surface area contributed by atoms with Gasteiger partial charge in [0.05, 0.1) is 0 Å². The molecule has 4 nitrogen and oxygen atoms in total. The predicted molar refractivity (Wildman–Crippen MR) is 103 cm³/mol. The van der Waals surface area contributed by atoms with Gasteiger partial charge in [0.1, 0.15) is 0 Å². The predicted octanol–water partition coefficient (Wildman–Crippen LogP) is 3.90. The number of likely N-dealkylation sites (tertiary alicyclic amines) is 1. The molecule has 1 saturated heterocycles. The molecular weight excluding hydrogens is 298 g/mol. The fourth-order valence-corrected chi connectivity index (χ4v) is 3.35. The molecule has 0 radical (unpaired) electrons. The Morgan fingerprint density at radius 3 is 2.50 bits per heavy atom. The number of benzene rings is 1. The summed E-state index contributed by atoms with van der Waals surface area (Å²) in [5.74, 6) is 1.05. The van der Waals surface area contributed by atoms with Crippen LogP contribution in [-0.4, -0.2) is 43.5 Å². The van der Waals surface area contributed by atoms with Crippen LogP contribution in [0.15, 0.2) is 18.2 Å². The number of amides is 1. The van der Waals surface area contributed by atoms with E-state index in [0.717, 1.165) is 50.6 Å². The molecule has 1 heterocycles. The van der Waals surface area contributed by atoms with E-state index in [9.17, 15) is 4.79 Å². The maximum absolute atomic E-state index is 12.3. The molecule has 1 fully saturated rings. The van der Waals surface area contributed by atoms with Crippen molar-refractivity contribution in [3.8, 4) is 0 Å². The van der Waals surface area contributed by atoms with Crippen LogP contribution in [-0.2, 0) is 4.79 Å². The van der Waals surface area contributed by atoms with E-state index in [1.165, 1.54) is 11.3 Å². The van der Waals surface area contributed by atoms with Crippen molar-refractivity contribution in [1.29, 1.82) is 0 Å². The van der Waals surface area contributed by atoms with E-state index in [1.807, 2.05) is 4.90 Å². The van der Waals surface area contributed by atoms with Crippen LogP contribution in [0.25, 0.3) is 0 Å². The van der Waals surface area contributed by atoms with Gasteiger partial charge in [-0.05, 0) is 63.3 Å². The second kappa shape index (κ2) is 8.95. The van der Waals surface area contributed by atoms with Gasteiger partial charge in [0.15, 0.2) is 0 Å². The molecule has 0 saturated carbocycles. The highest BCUT2D eigenvalue weighted by Gasteiger charge is 2.19. The molecule has 1 aromatic rings. The topological polar surface area (TPSA) is 35.6 Å². The van der Waals surface area contributed by atoms with Crippen molar-refractivity contribution >= 4 is 17.3 Å². The molecule has 1 N–H and O–H groups in total. The second-order valence-electron chi connectivity index (χ2n) is 6.91. The van der Waals surface area contributed by atoms with Crippen molar-refractivity contribution in [2.75, 3.05) is 42.9 Å². The molecule has 1 aliphatic rings. The van der Waals surface area contributed by atoms with Crippen LogP contribution in [0.2, 0.25) is 0 Å². The Bertz CT molecular complexity index is 532. The molecule has 134 valence electrons. The number of rotatable bonds is 7. The van der Waals surface area contributed by atoms with Gasteiger partial charge in [-0.15, -0.1) is 0 Å². The molecule has 24 heavy (non-hydrogen) atoms. The van der Waals surface area contributed by atoms with Crippen molar-refractivity contribution in [3.63, 3.8) is 0 Å². The van der Waals surface area contributed by atoms with Gasteiger partial charge in [-0.1, -0.05) is 6.92 Å². The lowest BCUT2D eigenvalue weighted by Gasteiger charge is -2.30. The monoisotopic (exact) mass is 331 g/mol. The zero-order valence-corrected chi connectivity index (χ0v) is 15.8. The first kappa shape index (κ1) is 18.6. The molecule has 0 unspecified atom stereocenters. The van der Waals surface area contributed by atoms with Crippen molar-refractivity contribution in [2.24, 2.45) is 5.92 Å². The number of hydrogen-bond donors (Lipinski definition) is 1. The van der Waals surface area contributed by atoms with Gasteiger partial charge in [0, 0.05) is 50.5 Å². The van der Waals surface area contributed by atoms with Gasteiger partial charge in [-0.25, -0.2) is 0 Å². The van der Waals surface area contributed by atoms with E-state index >= 15 is 0 Å². The summed E-state index contributed by atoms with van der Waals surface area (Å²) in [7, 11) is 0. The van der Waals surface area contributed by atoms with Crippen molar-refractivity contribution < 1.29 is 4.79 Å². The lowest BCUT2D eigenvalue weighted by molar-refractivity contribution is -0.132. The maximum Gasteiger partial charge on any atom is 0.224 e. The van der Waals surface area contributed by atoms with Crippen LogP contribution in [0.3, 0.4) is 0 Å². The summed E-state index contributed by atoms with van der Waals surface area (Å²) >= 11 is 0. The van der Waals surface area contributed by atoms with Crippen LogP contribution < -0.4 is 10.2 Å². The normalized spacial score (nSPS) is 15.4. The van der Waals surface area contributed by atoms with Gasteiger partial charge in [-0.2, -0.15) is 0 Å². The standard InChI is InChI=1S/C20H33N3O/c1-5-22(6-2)18-7-8-19(17(4)15-18)21-12-9-20(24)23-13-10-16(3)11-14-23/h7-8,15-16,21H,5-6,9-14H2,1-4H3. The summed E-state index contributed by atoms with van der Waals surface area (Å²) in [5.41, 5.74) is 3.63. The van der Waals surface area contributed by atoms with Crippen LogP contribution in [0, 0.1) is 12.8 Å². The summed E-state index contributed by atoms with van der Waals surface area (Å²) in [4.78, 5) is 16.7. The van der Waals surface area contributed by atoms with Gasteiger partial charge in [0.2, 0.25) is 5.91 Å². The minimum Gasteiger partial charge on any atom is -0.384 e. The largest absolute Gasteiger partial charge is 0.384 e. The van der Waals surface area contributed by atoms with E-state index < -0.39 is 0 Å². The molecule has 2 rings (SSSR count). The molecule has 1 aromatic carbocycles. The van der Waals surface area contributed by atoms with Crippen molar-refractivity contribution in [1.82, 2.24) is 4.90 Å². The van der Waals surface area contributed by atoms with Crippen molar-refractivity contribution in [3.05, 3.63) is 23.8 Å². The zero-order chi connectivity index (χ0) is 17.5. The minimum atomic E-state index is 0.284. The first-order chi connectivity index (χ1) is 11.5. The fraction of sp³-hybridized carbons (Fsp3) is 0.650. The highest BCUT2D eigenvalue weighted by Crippen LogP contribution is 2.23. The number of nitrogens with zero attached hydrogens (tertiary/aromatic N) is 2. The Labute approximate surface area is 147 Å². The third-order valence-electron chi connectivity index (χ3n) is 5.13. The summed E-state index contributed by atoms with van der Waals surface area (Å²) in [5, 5.41) is 3.43. The molecule has 0 bridgehead atoms. The summed E-state index contributed by atoms with van der Waals surface area (Å²) in [6.45, 7) is 13.4. The number of nitrogens with one attached hydrogen (secondary N) is 1. The molecule has 1 amide bonds. The number of carbonyl (C=O) groups is 1. The maximum atomic E-state index is 12.3. The smallest absolute Gasteiger partial charge is 0.224 e. The Hall–Kier alpha value is -1.71. The van der Waals surface area contributed by atoms with E-state index in [4.69, 9.17) is 0 Å². The molecule has 0 atom stereocenters. The highest BCUT2D eigenvalue weighted by atomic mass is 16.2. The average molecular weight is 332 g/mol. The molecule has 4 heteroatoms. The number of aryl methyl sites for hydroxylation is 1. The minimum absolute atomic E-state index is 0.284. The molecule has 0 aliphatic carbocycles. The SMILES string of the molecule is CCN(CC)c1ccc(NCCC(=O)N2CCC(C)CC2)c(C)c1. The van der Waals surface area contributed by atoms with Crippen molar-refractivity contribution in [2.45, 2.75) is 47.0 Å². The summed E-state index contributed by atoms with van der Waals surface area (Å²) in [6, 6.07) is 6.52. The summed E-state index contributed by atoms with van der Waals surface area (Å²) in [6.07, 6.45) is 2.86. The highest BCUT2D eigenvalue weighted by molar-refractivity contribution is 5.77. The third kappa shape index (κ3) is 4.89. The summed E-state index contributed by atoms with van der Waals surface area (Å²) < 4.78 is 0. The average Bonchev–Trinajstić information content (AvgIpc) is 2.58. The number of anilines is 2. The van der Waals surface area contributed by atoms with Crippen LogP contribution in [0.5, 0.6) is 0 Å². The number of hydrogen-bond acceptors (Lipinski definition) is 3. The Morgan fingerprint density at radius 1 is 1.25 bits per heavy atom. The first-order valence-electron chi connectivity index (χ1n) is 9.42. The Balaban J connectivity index is 1.82. The molecule has 0 spiro atoms. The number of carbonyl (C=O) groups excluding carboxylic acids is 1. The van der Waals surface area contributed by atoms with Crippen LogP contribution >= 0.6 is 0 Å². The van der Waals surface area contributed by atoms with Gasteiger partial charge in [-0.3, -0.25) is 4.79 Å². The fourth-order valence-electron chi connectivity index (χ4n) is 3.35. The van der Waals surface area contributed by atoms with Crippen LogP contribution in [0.4, 0.5) is 11.4 Å². The Kier molecular flexibility index (Phi) is 6.95. The lowest BCUT2D eigenvalue weighted by atomic mass is 9.99. The van der Waals surface area contributed by atoms with E-state index in [-0.39, 0.29) is 5.91 Å². The quantitative estimate of drug-likeness (QED) is 0.823. The Morgan fingerprint density at radius 2 is 1.92 bits per heavy atom.